The number of carbonyl (C=O) groups excluding carboxylic acids is 3. The molecule has 0 aromatic heterocycles. The van der Waals surface area contributed by atoms with E-state index in [0.29, 0.717) is 5.02 Å². The molecule has 0 aliphatic heterocycles. The minimum absolute atomic E-state index is 0.193. The summed E-state index contributed by atoms with van der Waals surface area (Å²) in [6.45, 7) is 1.14. The molecule has 6 nitrogen and oxygen atoms in total. The Labute approximate surface area is 143 Å². The van der Waals surface area contributed by atoms with Gasteiger partial charge in [0.05, 0.1) is 10.0 Å². The van der Waals surface area contributed by atoms with E-state index in [9.17, 15) is 14.4 Å². The Hall–Kier alpha value is -1.79. The highest BCUT2D eigenvalue weighted by Crippen LogP contribution is 2.22. The number of carbonyl (C=O) groups is 3. The second-order valence-electron chi connectivity index (χ2n) is 5.23. The van der Waals surface area contributed by atoms with Gasteiger partial charge in [-0.3, -0.25) is 14.4 Å². The third-order valence-electron chi connectivity index (χ3n) is 3.18. The molecule has 0 heterocycles. The van der Waals surface area contributed by atoms with E-state index < -0.39 is 18.0 Å². The maximum atomic E-state index is 11.9. The van der Waals surface area contributed by atoms with Crippen molar-refractivity contribution in [1.29, 1.82) is 0 Å². The van der Waals surface area contributed by atoms with Crippen molar-refractivity contribution in [3.8, 4) is 0 Å². The second kappa shape index (κ2) is 7.66. The number of nitrogens with one attached hydrogen (secondary N) is 2. The van der Waals surface area contributed by atoms with E-state index in [1.807, 2.05) is 0 Å². The van der Waals surface area contributed by atoms with E-state index in [1.165, 1.54) is 25.1 Å². The van der Waals surface area contributed by atoms with Gasteiger partial charge in [0.15, 0.2) is 6.10 Å². The minimum Gasteiger partial charge on any atom is -0.451 e. The summed E-state index contributed by atoms with van der Waals surface area (Å²) in [5.74, 6) is -1.52. The normalized spacial score (nSPS) is 14.7. The summed E-state index contributed by atoms with van der Waals surface area (Å²) in [6, 6.07) is 4.57. The van der Waals surface area contributed by atoms with Crippen molar-refractivity contribution in [2.24, 2.45) is 0 Å². The molecular weight excluding hydrogens is 343 g/mol. The van der Waals surface area contributed by atoms with Crippen LogP contribution in [0.3, 0.4) is 0 Å². The molecule has 0 radical (unpaired) electrons. The molecule has 124 valence electrons. The van der Waals surface area contributed by atoms with Crippen molar-refractivity contribution in [1.82, 2.24) is 10.6 Å². The number of benzene rings is 1. The van der Waals surface area contributed by atoms with E-state index in [2.05, 4.69) is 10.6 Å². The summed E-state index contributed by atoms with van der Waals surface area (Å²) in [5, 5.41) is 5.70. The zero-order chi connectivity index (χ0) is 17.0. The fourth-order valence-electron chi connectivity index (χ4n) is 1.73. The van der Waals surface area contributed by atoms with Crippen LogP contribution in [0.1, 0.15) is 30.1 Å². The van der Waals surface area contributed by atoms with Gasteiger partial charge in [0, 0.05) is 11.6 Å². The molecule has 2 N–H and O–H groups in total. The van der Waals surface area contributed by atoms with E-state index in [1.54, 1.807) is 0 Å². The van der Waals surface area contributed by atoms with Crippen LogP contribution >= 0.6 is 23.2 Å². The molecule has 1 aromatic carbocycles. The zero-order valence-electron chi connectivity index (χ0n) is 12.4. The molecular formula is C15H16Cl2N2O4. The highest BCUT2D eigenvalue weighted by molar-refractivity contribution is 6.42. The van der Waals surface area contributed by atoms with E-state index >= 15 is 0 Å². The molecule has 1 saturated carbocycles. The Kier molecular flexibility index (Phi) is 5.85. The molecule has 8 heteroatoms. The summed E-state index contributed by atoms with van der Waals surface area (Å²) in [5.41, 5.74) is 0.270. The van der Waals surface area contributed by atoms with Crippen molar-refractivity contribution < 1.29 is 19.1 Å². The van der Waals surface area contributed by atoms with Crippen LogP contribution in [0.5, 0.6) is 0 Å². The van der Waals surface area contributed by atoms with Crippen molar-refractivity contribution in [3.63, 3.8) is 0 Å². The molecule has 0 bridgehead atoms. The summed E-state index contributed by atoms with van der Waals surface area (Å²) in [4.78, 5) is 35.2. The van der Waals surface area contributed by atoms with E-state index in [-0.39, 0.29) is 29.1 Å². The van der Waals surface area contributed by atoms with E-state index in [4.69, 9.17) is 27.9 Å². The smallest absolute Gasteiger partial charge is 0.326 e. The number of amides is 2. The standard InChI is InChI=1S/C15H16Cl2N2O4/c1-8(14(21)19-10-3-4-10)23-13(20)7-18-15(22)9-2-5-11(16)12(17)6-9/h2,5-6,8,10H,3-4,7H2,1H3,(H,18,22)(H,19,21)/t8-/m0/s1. The molecule has 1 aliphatic carbocycles. The third-order valence-corrected chi connectivity index (χ3v) is 3.92. The van der Waals surface area contributed by atoms with Gasteiger partial charge in [0.25, 0.3) is 11.8 Å². The van der Waals surface area contributed by atoms with Crippen LogP contribution < -0.4 is 10.6 Å². The van der Waals surface area contributed by atoms with Crippen LogP contribution in [-0.4, -0.2) is 36.5 Å². The predicted octanol–water partition coefficient (Wildman–Crippen LogP) is 1.93. The first-order chi connectivity index (χ1) is 10.9. The van der Waals surface area contributed by atoms with Crippen LogP contribution in [0.25, 0.3) is 0 Å². The van der Waals surface area contributed by atoms with Gasteiger partial charge in [0.1, 0.15) is 6.54 Å². The lowest BCUT2D eigenvalue weighted by molar-refractivity contribution is -0.153. The van der Waals surface area contributed by atoms with Gasteiger partial charge in [0.2, 0.25) is 0 Å². The molecule has 2 amide bonds. The summed E-state index contributed by atoms with van der Waals surface area (Å²) in [7, 11) is 0. The van der Waals surface area contributed by atoms with Crippen LogP contribution in [0.15, 0.2) is 18.2 Å². The highest BCUT2D eigenvalue weighted by atomic mass is 35.5. The van der Waals surface area contributed by atoms with Gasteiger partial charge >= 0.3 is 5.97 Å². The molecule has 1 aliphatic rings. The average Bonchev–Trinajstić information content (AvgIpc) is 3.31. The molecule has 1 aromatic rings. The SMILES string of the molecule is C[C@H](OC(=O)CNC(=O)c1ccc(Cl)c(Cl)c1)C(=O)NC1CC1. The minimum atomic E-state index is -0.898. The van der Waals surface area contributed by atoms with Crippen LogP contribution in [0.2, 0.25) is 10.0 Å². The topological polar surface area (TPSA) is 84.5 Å². The first-order valence-electron chi connectivity index (χ1n) is 7.10. The number of halogens is 2. The molecule has 0 unspecified atom stereocenters. The Morgan fingerprint density at radius 2 is 1.96 bits per heavy atom. The van der Waals surface area contributed by atoms with Gasteiger partial charge in [-0.1, -0.05) is 23.2 Å². The van der Waals surface area contributed by atoms with Gasteiger partial charge in [-0.05, 0) is 38.0 Å². The molecule has 23 heavy (non-hydrogen) atoms. The Bertz CT molecular complexity index is 632. The Balaban J connectivity index is 1.77. The summed E-state index contributed by atoms with van der Waals surface area (Å²) in [6.07, 6.45) is 1.00. The lowest BCUT2D eigenvalue weighted by Gasteiger charge is -2.13. The molecule has 0 saturated heterocycles. The van der Waals surface area contributed by atoms with Crippen LogP contribution in [0, 0.1) is 0 Å². The van der Waals surface area contributed by atoms with Gasteiger partial charge in [-0.25, -0.2) is 0 Å². The lowest BCUT2D eigenvalue weighted by atomic mass is 10.2. The first kappa shape index (κ1) is 17.6. The Morgan fingerprint density at radius 3 is 2.57 bits per heavy atom. The number of hydrogen-bond donors (Lipinski definition) is 2. The predicted molar refractivity (Wildman–Crippen MR) is 85.5 cm³/mol. The van der Waals surface area contributed by atoms with Crippen molar-refractivity contribution >= 4 is 41.0 Å². The molecule has 0 spiro atoms. The first-order valence-corrected chi connectivity index (χ1v) is 7.85. The largest absolute Gasteiger partial charge is 0.451 e. The number of ether oxygens (including phenoxy) is 1. The molecule has 2 rings (SSSR count). The number of hydrogen-bond acceptors (Lipinski definition) is 4. The van der Waals surface area contributed by atoms with Crippen molar-refractivity contribution in [3.05, 3.63) is 33.8 Å². The molecule has 1 atom stereocenters. The summed E-state index contributed by atoms with van der Waals surface area (Å²) >= 11 is 11.6. The number of rotatable bonds is 6. The zero-order valence-corrected chi connectivity index (χ0v) is 13.9. The third kappa shape index (κ3) is 5.41. The fraction of sp³-hybridized carbons (Fsp3) is 0.400. The average molecular weight is 359 g/mol. The second-order valence-corrected chi connectivity index (χ2v) is 6.04. The van der Waals surface area contributed by atoms with Crippen molar-refractivity contribution in [2.45, 2.75) is 31.9 Å². The van der Waals surface area contributed by atoms with Crippen molar-refractivity contribution in [2.75, 3.05) is 6.54 Å². The van der Waals surface area contributed by atoms with E-state index in [0.717, 1.165) is 12.8 Å². The Morgan fingerprint density at radius 1 is 1.26 bits per heavy atom. The number of esters is 1. The lowest BCUT2D eigenvalue weighted by Crippen LogP contribution is -2.39. The maximum Gasteiger partial charge on any atom is 0.326 e. The quantitative estimate of drug-likeness (QED) is 0.761. The van der Waals surface area contributed by atoms with Gasteiger partial charge in [-0.2, -0.15) is 0 Å². The van der Waals surface area contributed by atoms with Crippen LogP contribution in [-0.2, 0) is 14.3 Å². The maximum absolute atomic E-state index is 11.9. The summed E-state index contributed by atoms with van der Waals surface area (Å²) < 4.78 is 4.96. The monoisotopic (exact) mass is 358 g/mol. The van der Waals surface area contributed by atoms with Gasteiger partial charge < -0.3 is 15.4 Å². The highest BCUT2D eigenvalue weighted by Gasteiger charge is 2.27. The van der Waals surface area contributed by atoms with Crippen LogP contribution in [0.4, 0.5) is 0 Å². The van der Waals surface area contributed by atoms with Gasteiger partial charge in [-0.15, -0.1) is 0 Å². The molecule has 1 fully saturated rings. The fourth-order valence-corrected chi connectivity index (χ4v) is 2.03.